The Kier molecular flexibility index (Phi) is 10.9. The number of hydrogen-bond donors (Lipinski definition) is 5. The lowest BCUT2D eigenvalue weighted by atomic mass is 9.94. The third kappa shape index (κ3) is 8.14. The van der Waals surface area contributed by atoms with Crippen molar-refractivity contribution in [2.75, 3.05) is 27.8 Å². The molecule has 13 nitrogen and oxygen atoms in total. The molecule has 6 N–H and O–H groups in total. The van der Waals surface area contributed by atoms with Crippen molar-refractivity contribution in [2.45, 2.75) is 25.1 Å². The third-order valence-corrected chi connectivity index (χ3v) is 6.46. The molecule has 0 spiro atoms. The highest BCUT2D eigenvalue weighted by atomic mass is 16.6. The summed E-state index contributed by atoms with van der Waals surface area (Å²) in [5, 5.41) is 32.9. The summed E-state index contributed by atoms with van der Waals surface area (Å²) in [5.74, 6) is -3.39. The number of nitrogens with two attached hydrogens (primary N) is 1. The zero-order chi connectivity index (χ0) is 31.7. The topological polar surface area (TPSA) is 198 Å². The Morgan fingerprint density at radius 3 is 2.26 bits per heavy atom. The zero-order valence-corrected chi connectivity index (χ0v) is 23.8. The van der Waals surface area contributed by atoms with Crippen molar-refractivity contribution in [2.24, 2.45) is 5.73 Å². The van der Waals surface area contributed by atoms with Crippen LogP contribution in [-0.2, 0) is 36.9 Å². The van der Waals surface area contributed by atoms with Crippen LogP contribution in [-0.4, -0.2) is 78.0 Å². The highest BCUT2D eigenvalue weighted by Gasteiger charge is 2.31. The second-order valence-electron chi connectivity index (χ2n) is 9.47. The lowest BCUT2D eigenvalue weighted by molar-refractivity contribution is -0.142. The van der Waals surface area contributed by atoms with Gasteiger partial charge >= 0.3 is 18.0 Å². The van der Waals surface area contributed by atoms with Crippen LogP contribution >= 0.6 is 0 Å². The number of ether oxygens (including phenoxy) is 3. The number of aliphatic carboxylic acids is 1. The maximum Gasteiger partial charge on any atom is 0.410 e. The molecule has 2 atom stereocenters. The van der Waals surface area contributed by atoms with Gasteiger partial charge in [-0.05, 0) is 47.4 Å². The molecule has 0 aromatic heterocycles. The fourth-order valence-corrected chi connectivity index (χ4v) is 4.37. The number of likely N-dealkylation sites (N-methyl/N-ethyl adjacent to an activating group) is 1. The molecule has 228 valence electrons. The highest BCUT2D eigenvalue weighted by molar-refractivity contribution is 5.90. The number of hydrogen-bond acceptors (Lipinski definition) is 10. The predicted octanol–water partition coefficient (Wildman–Crippen LogP) is 2.33. The van der Waals surface area contributed by atoms with Gasteiger partial charge in [0, 0.05) is 18.2 Å². The molecule has 3 rings (SSSR count). The Labute approximate surface area is 247 Å². The van der Waals surface area contributed by atoms with E-state index in [0.29, 0.717) is 11.1 Å². The average molecular weight is 596 g/mol. The molecule has 0 fully saturated rings. The third-order valence-electron chi connectivity index (χ3n) is 6.46. The maximum atomic E-state index is 13.2. The van der Waals surface area contributed by atoms with Gasteiger partial charge in [0.15, 0.2) is 11.5 Å². The van der Waals surface area contributed by atoms with Gasteiger partial charge in [-0.1, -0.05) is 36.4 Å². The Morgan fingerprint density at radius 2 is 1.63 bits per heavy atom. The summed E-state index contributed by atoms with van der Waals surface area (Å²) in [7, 11) is 3.81. The van der Waals surface area contributed by atoms with Crippen LogP contribution in [0.1, 0.15) is 22.7 Å². The molecular weight excluding hydrogens is 562 g/mol. The van der Waals surface area contributed by atoms with Crippen LogP contribution in [0.3, 0.4) is 0 Å². The summed E-state index contributed by atoms with van der Waals surface area (Å²) in [5.41, 5.74) is 7.48. The number of phenols is 2. The molecule has 0 bridgehead atoms. The van der Waals surface area contributed by atoms with Crippen molar-refractivity contribution < 1.29 is 48.7 Å². The van der Waals surface area contributed by atoms with E-state index in [9.17, 15) is 29.4 Å². The van der Waals surface area contributed by atoms with Gasteiger partial charge in [-0.25, -0.2) is 4.79 Å². The minimum absolute atomic E-state index is 0.0199. The summed E-state index contributed by atoms with van der Waals surface area (Å²) < 4.78 is 15.4. The average Bonchev–Trinajstić information content (AvgIpc) is 2.99. The SMILES string of the molecule is COC(=O)[C@@H](N)Cc1cc(O)c(OC)c(-c2cc([C@@H](C(=O)NCC(=O)O)N(C)C(=O)OCc3ccccc3)ccc2O)c1. The van der Waals surface area contributed by atoms with E-state index in [1.807, 2.05) is 0 Å². The molecular formula is C30H33N3O10. The van der Waals surface area contributed by atoms with Gasteiger partial charge in [-0.15, -0.1) is 0 Å². The molecule has 43 heavy (non-hydrogen) atoms. The number of methoxy groups -OCH3 is 2. The van der Waals surface area contributed by atoms with E-state index in [4.69, 9.17) is 20.3 Å². The molecule has 2 amide bonds. The van der Waals surface area contributed by atoms with Gasteiger partial charge in [0.1, 0.15) is 31.0 Å². The number of amides is 2. The minimum atomic E-state index is -1.39. The summed E-state index contributed by atoms with van der Waals surface area (Å²) in [6.07, 6.45) is -0.892. The number of phenolic OH excluding ortho intramolecular Hbond substituents is 2. The molecule has 0 saturated carbocycles. The van der Waals surface area contributed by atoms with Crippen molar-refractivity contribution in [3.63, 3.8) is 0 Å². The van der Waals surface area contributed by atoms with Crippen LogP contribution in [0.5, 0.6) is 17.2 Å². The highest BCUT2D eigenvalue weighted by Crippen LogP contribution is 2.43. The van der Waals surface area contributed by atoms with E-state index in [0.717, 1.165) is 4.90 Å². The first kappa shape index (κ1) is 32.2. The van der Waals surface area contributed by atoms with Crippen LogP contribution in [0.2, 0.25) is 0 Å². The molecule has 0 saturated heterocycles. The molecule has 0 aliphatic carbocycles. The first-order valence-electron chi connectivity index (χ1n) is 13.0. The largest absolute Gasteiger partial charge is 0.507 e. The lowest BCUT2D eigenvalue weighted by Gasteiger charge is -2.27. The van der Waals surface area contributed by atoms with E-state index >= 15 is 0 Å². The second-order valence-corrected chi connectivity index (χ2v) is 9.47. The summed E-state index contributed by atoms with van der Waals surface area (Å²) in [4.78, 5) is 50.3. The molecule has 0 unspecified atom stereocenters. The second kappa shape index (κ2) is 14.5. The zero-order valence-electron chi connectivity index (χ0n) is 23.8. The van der Waals surface area contributed by atoms with Gasteiger partial charge in [0.2, 0.25) is 5.91 Å². The number of benzene rings is 3. The Morgan fingerprint density at radius 1 is 0.930 bits per heavy atom. The number of nitrogens with zero attached hydrogens (tertiary/aromatic N) is 1. The van der Waals surface area contributed by atoms with Gasteiger partial charge < -0.3 is 40.6 Å². The number of aromatic hydroxyl groups is 2. The predicted molar refractivity (Wildman–Crippen MR) is 153 cm³/mol. The van der Waals surface area contributed by atoms with E-state index in [1.54, 1.807) is 30.3 Å². The number of carboxylic acid groups (broad SMARTS) is 1. The van der Waals surface area contributed by atoms with Crippen LogP contribution in [0, 0.1) is 0 Å². The number of carbonyl (C=O) groups excluding carboxylic acids is 3. The van der Waals surface area contributed by atoms with Crippen LogP contribution in [0.25, 0.3) is 11.1 Å². The fraction of sp³-hybridized carbons (Fsp3) is 0.267. The number of nitrogens with one attached hydrogen (secondary N) is 1. The molecule has 0 heterocycles. The number of rotatable bonds is 12. The molecule has 0 radical (unpaired) electrons. The first-order chi connectivity index (χ1) is 20.5. The van der Waals surface area contributed by atoms with Gasteiger partial charge in [0.25, 0.3) is 0 Å². The van der Waals surface area contributed by atoms with Gasteiger partial charge in [0.05, 0.1) is 14.2 Å². The summed E-state index contributed by atoms with van der Waals surface area (Å²) in [6.45, 7) is -0.789. The van der Waals surface area contributed by atoms with E-state index < -0.39 is 42.6 Å². The molecule has 3 aromatic rings. The van der Waals surface area contributed by atoms with Gasteiger partial charge in [-0.2, -0.15) is 0 Å². The van der Waals surface area contributed by atoms with Crippen LogP contribution in [0.4, 0.5) is 4.79 Å². The minimum Gasteiger partial charge on any atom is -0.507 e. The van der Waals surface area contributed by atoms with E-state index in [2.05, 4.69) is 10.1 Å². The number of carboxylic acids is 1. The van der Waals surface area contributed by atoms with Crippen molar-refractivity contribution >= 4 is 23.9 Å². The summed E-state index contributed by atoms with van der Waals surface area (Å²) in [6, 6.07) is 13.4. The van der Waals surface area contributed by atoms with Gasteiger partial charge in [-0.3, -0.25) is 19.3 Å². The van der Waals surface area contributed by atoms with Crippen molar-refractivity contribution in [1.29, 1.82) is 0 Å². The molecule has 13 heteroatoms. The quantitative estimate of drug-likeness (QED) is 0.193. The van der Waals surface area contributed by atoms with Crippen molar-refractivity contribution in [3.8, 4) is 28.4 Å². The molecule has 0 aliphatic heterocycles. The van der Waals surface area contributed by atoms with E-state index in [-0.39, 0.29) is 47.0 Å². The monoisotopic (exact) mass is 595 g/mol. The van der Waals surface area contributed by atoms with Crippen LogP contribution < -0.4 is 15.8 Å². The molecule has 0 aliphatic rings. The molecule has 3 aromatic carbocycles. The fourth-order valence-electron chi connectivity index (χ4n) is 4.37. The standard InChI is InChI=1S/C30H33N3O10/c1-33(30(40)43-16-17-7-5-4-6-8-17)26(28(38)32-15-25(36)37)19-9-10-23(34)20(14-19)21-11-18(12-22(31)29(39)42-3)13-24(35)27(21)41-2/h4-11,13-14,22,26,34-35H,12,15-16,31H2,1-3H3,(H,32,38)(H,36,37)/t22-,26-/m0/s1. The Hall–Kier alpha value is -5.30. The number of carbonyl (C=O) groups is 4. The van der Waals surface area contributed by atoms with Crippen molar-refractivity contribution in [1.82, 2.24) is 10.2 Å². The normalized spacial score (nSPS) is 12.0. The van der Waals surface area contributed by atoms with E-state index in [1.165, 1.54) is 51.6 Å². The lowest BCUT2D eigenvalue weighted by Crippen LogP contribution is -2.43. The first-order valence-corrected chi connectivity index (χ1v) is 13.0. The maximum absolute atomic E-state index is 13.2. The Balaban J connectivity index is 2.05. The summed E-state index contributed by atoms with van der Waals surface area (Å²) >= 11 is 0. The Bertz CT molecular complexity index is 1480. The van der Waals surface area contributed by atoms with Crippen molar-refractivity contribution in [3.05, 3.63) is 77.4 Å². The van der Waals surface area contributed by atoms with Crippen LogP contribution in [0.15, 0.2) is 60.7 Å². The number of esters is 1. The smallest absolute Gasteiger partial charge is 0.410 e.